The molecule has 5 nitrogen and oxygen atoms in total. The molecule has 2 fully saturated rings. The average Bonchev–Trinajstić information content (AvgIpc) is 2.94. The van der Waals surface area contributed by atoms with Crippen molar-refractivity contribution in [1.29, 1.82) is 0 Å². The number of carbonyl (C=O) groups excluding carboxylic acids is 3. The van der Waals surface area contributed by atoms with E-state index in [1.165, 1.54) is 37.0 Å². The number of benzene rings is 1. The Bertz CT molecular complexity index is 727. The van der Waals surface area contributed by atoms with Crippen LogP contribution in [-0.2, 0) is 16.1 Å². The van der Waals surface area contributed by atoms with Gasteiger partial charge < -0.3 is 4.90 Å². The van der Waals surface area contributed by atoms with Crippen LogP contribution in [0.5, 0.6) is 0 Å². The van der Waals surface area contributed by atoms with Gasteiger partial charge in [0.1, 0.15) is 6.04 Å². The molecule has 1 unspecified atom stereocenters. The Kier molecular flexibility index (Phi) is 4.54. The third-order valence-corrected chi connectivity index (χ3v) is 6.83. The summed E-state index contributed by atoms with van der Waals surface area (Å²) in [5.41, 5.74) is 1.76. The number of hydrogen-bond donors (Lipinski definition) is 1. The van der Waals surface area contributed by atoms with Gasteiger partial charge in [0.25, 0.3) is 5.91 Å². The number of thioether (sulfide) groups is 1. The summed E-state index contributed by atoms with van der Waals surface area (Å²) in [5, 5.41) is 2.98. The summed E-state index contributed by atoms with van der Waals surface area (Å²) in [6, 6.07) is 5.36. The zero-order chi connectivity index (χ0) is 17.4. The minimum absolute atomic E-state index is 0.0874. The van der Waals surface area contributed by atoms with E-state index in [0.29, 0.717) is 30.2 Å². The molecule has 4 rings (SSSR count). The minimum atomic E-state index is -0.537. The van der Waals surface area contributed by atoms with Crippen molar-refractivity contribution in [3.05, 3.63) is 29.3 Å². The van der Waals surface area contributed by atoms with Crippen molar-refractivity contribution in [1.82, 2.24) is 10.2 Å². The summed E-state index contributed by atoms with van der Waals surface area (Å²) in [6.45, 7) is 0.469. The largest absolute Gasteiger partial charge is 0.322 e. The molecule has 1 saturated heterocycles. The van der Waals surface area contributed by atoms with Crippen molar-refractivity contribution < 1.29 is 14.4 Å². The van der Waals surface area contributed by atoms with Crippen molar-refractivity contribution in [2.24, 2.45) is 0 Å². The third kappa shape index (κ3) is 3.19. The summed E-state index contributed by atoms with van der Waals surface area (Å²) in [7, 11) is 0. The molecule has 1 saturated carbocycles. The Morgan fingerprint density at radius 1 is 1.04 bits per heavy atom. The molecule has 132 valence electrons. The number of rotatable bonds is 3. The topological polar surface area (TPSA) is 66.5 Å². The number of amides is 3. The lowest BCUT2D eigenvalue weighted by Crippen LogP contribution is -2.52. The van der Waals surface area contributed by atoms with Crippen LogP contribution < -0.4 is 5.32 Å². The summed E-state index contributed by atoms with van der Waals surface area (Å²) in [6.07, 6.45) is 7.07. The van der Waals surface area contributed by atoms with Crippen molar-refractivity contribution >= 4 is 29.5 Å². The molecule has 0 aromatic heterocycles. The Balaban J connectivity index is 1.55. The minimum Gasteiger partial charge on any atom is -0.322 e. The van der Waals surface area contributed by atoms with Gasteiger partial charge in [-0.3, -0.25) is 19.7 Å². The van der Waals surface area contributed by atoms with E-state index in [2.05, 4.69) is 11.4 Å². The Hall–Kier alpha value is -1.82. The van der Waals surface area contributed by atoms with Gasteiger partial charge in [-0.05, 0) is 37.0 Å². The maximum absolute atomic E-state index is 12.8. The highest BCUT2D eigenvalue weighted by Crippen LogP contribution is 2.39. The first-order chi connectivity index (χ1) is 12.1. The van der Waals surface area contributed by atoms with Crippen molar-refractivity contribution in [2.45, 2.75) is 67.7 Å². The molecule has 3 amide bonds. The second kappa shape index (κ2) is 6.83. The van der Waals surface area contributed by atoms with Gasteiger partial charge in [-0.15, -0.1) is 11.8 Å². The van der Waals surface area contributed by atoms with Crippen molar-refractivity contribution in [3.8, 4) is 0 Å². The Morgan fingerprint density at radius 2 is 1.84 bits per heavy atom. The summed E-state index contributed by atoms with van der Waals surface area (Å²) in [4.78, 5) is 39.2. The van der Waals surface area contributed by atoms with E-state index in [1.54, 1.807) is 4.90 Å². The molecule has 1 aliphatic carbocycles. The van der Waals surface area contributed by atoms with Gasteiger partial charge in [0.15, 0.2) is 0 Å². The quantitative estimate of drug-likeness (QED) is 0.844. The van der Waals surface area contributed by atoms with Gasteiger partial charge in [0, 0.05) is 28.7 Å². The molecule has 1 aromatic carbocycles. The zero-order valence-electron chi connectivity index (χ0n) is 14.1. The Labute approximate surface area is 151 Å². The van der Waals surface area contributed by atoms with Crippen LogP contribution in [0.2, 0.25) is 0 Å². The number of nitrogens with one attached hydrogen (secondary N) is 1. The second-order valence-corrected chi connectivity index (χ2v) is 8.40. The number of nitrogens with zero attached hydrogens (tertiary/aromatic N) is 1. The molecule has 0 radical (unpaired) electrons. The average molecular weight is 358 g/mol. The number of imide groups is 1. The van der Waals surface area contributed by atoms with Crippen LogP contribution >= 0.6 is 11.8 Å². The maximum atomic E-state index is 12.8. The SMILES string of the molecule is O=C1CCC(N2Cc3c(SC4CCCCC4)cccc3C2=O)C(=O)N1. The Morgan fingerprint density at radius 3 is 2.60 bits per heavy atom. The van der Waals surface area contributed by atoms with Crippen LogP contribution in [0, 0.1) is 0 Å². The zero-order valence-corrected chi connectivity index (χ0v) is 14.9. The van der Waals surface area contributed by atoms with Gasteiger partial charge in [-0.25, -0.2) is 0 Å². The van der Waals surface area contributed by atoms with Crippen LogP contribution in [0.15, 0.2) is 23.1 Å². The predicted octanol–water partition coefficient (Wildman–Crippen LogP) is 2.87. The van der Waals surface area contributed by atoms with E-state index in [1.807, 2.05) is 23.9 Å². The fourth-order valence-corrected chi connectivity index (χ4v) is 5.43. The fraction of sp³-hybridized carbons (Fsp3) is 0.526. The molecule has 2 heterocycles. The number of piperidine rings is 1. The summed E-state index contributed by atoms with van der Waals surface area (Å²) in [5.74, 6) is -0.687. The molecular formula is C19H22N2O3S. The third-order valence-electron chi connectivity index (χ3n) is 5.38. The van der Waals surface area contributed by atoms with Crippen molar-refractivity contribution in [2.75, 3.05) is 0 Å². The molecule has 1 aromatic rings. The van der Waals surface area contributed by atoms with E-state index in [-0.39, 0.29) is 17.7 Å². The highest BCUT2D eigenvalue weighted by atomic mass is 32.2. The summed E-state index contributed by atoms with van der Waals surface area (Å²) >= 11 is 1.89. The first-order valence-corrected chi connectivity index (χ1v) is 9.94. The maximum Gasteiger partial charge on any atom is 0.255 e. The smallest absolute Gasteiger partial charge is 0.255 e. The first kappa shape index (κ1) is 16.6. The number of fused-ring (bicyclic) bond motifs is 1. The van der Waals surface area contributed by atoms with Crippen LogP contribution in [0.3, 0.4) is 0 Å². The van der Waals surface area contributed by atoms with Crippen molar-refractivity contribution in [3.63, 3.8) is 0 Å². The lowest BCUT2D eigenvalue weighted by molar-refractivity contribution is -0.136. The number of hydrogen-bond acceptors (Lipinski definition) is 4. The first-order valence-electron chi connectivity index (χ1n) is 9.06. The molecule has 1 atom stereocenters. The van der Waals surface area contributed by atoms with Gasteiger partial charge in [0.05, 0.1) is 0 Å². The van der Waals surface area contributed by atoms with E-state index in [9.17, 15) is 14.4 Å². The molecule has 0 spiro atoms. The highest BCUT2D eigenvalue weighted by molar-refractivity contribution is 8.00. The van der Waals surface area contributed by atoms with Gasteiger partial charge in [0.2, 0.25) is 11.8 Å². The highest BCUT2D eigenvalue weighted by Gasteiger charge is 2.40. The molecule has 2 aliphatic heterocycles. The van der Waals surface area contributed by atoms with Gasteiger partial charge >= 0.3 is 0 Å². The van der Waals surface area contributed by atoms with Gasteiger partial charge in [-0.1, -0.05) is 25.3 Å². The lowest BCUT2D eigenvalue weighted by Gasteiger charge is -2.29. The standard InChI is InChI=1S/C19H22N2O3S/c22-17-10-9-15(18(23)20-17)21-11-14-13(19(21)24)7-4-8-16(14)25-12-5-2-1-3-6-12/h4,7-8,12,15H,1-3,5-6,9-11H2,(H,20,22,23). The molecule has 6 heteroatoms. The van der Waals surface area contributed by atoms with E-state index in [4.69, 9.17) is 0 Å². The molecule has 25 heavy (non-hydrogen) atoms. The van der Waals surface area contributed by atoms with Crippen LogP contribution in [0.25, 0.3) is 0 Å². The lowest BCUT2D eigenvalue weighted by atomic mass is 10.0. The summed E-state index contributed by atoms with van der Waals surface area (Å²) < 4.78 is 0. The van der Waals surface area contributed by atoms with Gasteiger partial charge in [-0.2, -0.15) is 0 Å². The normalized spacial score (nSPS) is 24.4. The predicted molar refractivity (Wildman–Crippen MR) is 95.2 cm³/mol. The molecule has 0 bridgehead atoms. The monoisotopic (exact) mass is 358 g/mol. The number of carbonyl (C=O) groups is 3. The van der Waals surface area contributed by atoms with Crippen LogP contribution in [0.4, 0.5) is 0 Å². The van der Waals surface area contributed by atoms with E-state index >= 15 is 0 Å². The molecule has 3 aliphatic rings. The molecule has 1 N–H and O–H groups in total. The van der Waals surface area contributed by atoms with Crippen LogP contribution in [0.1, 0.15) is 60.9 Å². The van der Waals surface area contributed by atoms with Crippen LogP contribution in [-0.4, -0.2) is 33.9 Å². The van der Waals surface area contributed by atoms with E-state index in [0.717, 1.165) is 5.56 Å². The fourth-order valence-electron chi connectivity index (χ4n) is 4.03. The molecular weight excluding hydrogens is 336 g/mol. The van der Waals surface area contributed by atoms with E-state index < -0.39 is 6.04 Å². The second-order valence-electron chi connectivity index (χ2n) is 7.06.